The Balaban J connectivity index is 1.89. The van der Waals surface area contributed by atoms with Crippen molar-refractivity contribution in [3.63, 3.8) is 0 Å². The average molecular weight is 574 g/mol. The predicted molar refractivity (Wildman–Crippen MR) is 151 cm³/mol. The number of pyridine rings is 2. The zero-order valence-corrected chi connectivity index (χ0v) is 22.9. The lowest BCUT2D eigenvalue weighted by Crippen LogP contribution is -2.00. The van der Waals surface area contributed by atoms with Gasteiger partial charge in [0.1, 0.15) is 0 Å². The predicted octanol–water partition coefficient (Wildman–Crippen LogP) is 9.89. The SMILES string of the molecule is CC(C)c1cc(-c2ccc(Br)cc2)c2ccc3c(-c4ccc(Br)cc4)cc(C(C)C)nc3c2n1. The van der Waals surface area contributed by atoms with Crippen molar-refractivity contribution in [1.29, 1.82) is 0 Å². The summed E-state index contributed by atoms with van der Waals surface area (Å²) < 4.78 is 2.15. The van der Waals surface area contributed by atoms with Crippen molar-refractivity contribution >= 4 is 53.7 Å². The maximum absolute atomic E-state index is 5.18. The van der Waals surface area contributed by atoms with Gasteiger partial charge in [0.05, 0.1) is 11.0 Å². The minimum atomic E-state index is 0.313. The van der Waals surface area contributed by atoms with Crippen LogP contribution in [-0.4, -0.2) is 9.97 Å². The Labute approximate surface area is 217 Å². The zero-order chi connectivity index (χ0) is 24.0. The molecule has 0 saturated heterocycles. The Hall–Kier alpha value is -2.56. The third-order valence-electron chi connectivity index (χ3n) is 6.29. The molecule has 0 saturated carbocycles. The van der Waals surface area contributed by atoms with E-state index in [1.165, 1.54) is 22.3 Å². The summed E-state index contributed by atoms with van der Waals surface area (Å²) in [5, 5.41) is 2.27. The summed E-state index contributed by atoms with van der Waals surface area (Å²) in [6.45, 7) is 8.80. The number of hydrogen-bond acceptors (Lipinski definition) is 2. The Morgan fingerprint density at radius 3 is 1.21 bits per heavy atom. The molecule has 0 amide bonds. The molecule has 3 aromatic carbocycles. The molecular formula is C30H26Br2N2. The van der Waals surface area contributed by atoms with Crippen LogP contribution >= 0.6 is 31.9 Å². The fraction of sp³-hybridized carbons (Fsp3) is 0.200. The number of rotatable bonds is 4. The highest BCUT2D eigenvalue weighted by Gasteiger charge is 2.17. The summed E-state index contributed by atoms with van der Waals surface area (Å²) in [5.41, 5.74) is 8.88. The van der Waals surface area contributed by atoms with Crippen LogP contribution in [0.3, 0.4) is 0 Å². The maximum atomic E-state index is 5.18. The molecule has 4 heteroatoms. The number of halogens is 2. The van der Waals surface area contributed by atoms with Gasteiger partial charge in [0.15, 0.2) is 0 Å². The molecule has 2 aromatic heterocycles. The zero-order valence-electron chi connectivity index (χ0n) is 19.7. The van der Waals surface area contributed by atoms with E-state index in [2.05, 4.69) is 132 Å². The third kappa shape index (κ3) is 4.30. The van der Waals surface area contributed by atoms with Gasteiger partial charge < -0.3 is 0 Å². The summed E-state index contributed by atoms with van der Waals surface area (Å²) >= 11 is 7.14. The van der Waals surface area contributed by atoms with Gasteiger partial charge in [-0.1, -0.05) is 96.0 Å². The molecule has 0 fully saturated rings. The number of benzene rings is 3. The van der Waals surface area contributed by atoms with Gasteiger partial charge in [-0.05, 0) is 70.5 Å². The first kappa shape index (κ1) is 23.2. The summed E-state index contributed by atoms with van der Waals surface area (Å²) in [4.78, 5) is 10.4. The molecule has 0 aliphatic rings. The molecule has 5 aromatic rings. The Bertz CT molecular complexity index is 1390. The van der Waals surface area contributed by atoms with Gasteiger partial charge in [-0.15, -0.1) is 0 Å². The van der Waals surface area contributed by atoms with E-state index in [1.54, 1.807) is 0 Å². The van der Waals surface area contributed by atoms with Crippen LogP contribution in [0.15, 0.2) is 81.7 Å². The van der Waals surface area contributed by atoms with Crippen LogP contribution in [-0.2, 0) is 0 Å². The Morgan fingerprint density at radius 2 is 0.882 bits per heavy atom. The van der Waals surface area contributed by atoms with E-state index in [4.69, 9.17) is 9.97 Å². The highest BCUT2D eigenvalue weighted by Crippen LogP contribution is 2.38. The molecule has 0 atom stereocenters. The molecule has 0 N–H and O–H groups in total. The van der Waals surface area contributed by atoms with Gasteiger partial charge >= 0.3 is 0 Å². The second kappa shape index (κ2) is 9.24. The molecule has 2 heterocycles. The fourth-order valence-electron chi connectivity index (χ4n) is 4.34. The average Bonchev–Trinajstić information content (AvgIpc) is 2.83. The normalized spacial score (nSPS) is 11.8. The van der Waals surface area contributed by atoms with Crippen LogP contribution in [0.2, 0.25) is 0 Å². The lowest BCUT2D eigenvalue weighted by molar-refractivity contribution is 0.826. The quantitative estimate of drug-likeness (QED) is 0.200. The maximum Gasteiger partial charge on any atom is 0.0974 e. The van der Waals surface area contributed by atoms with Crippen LogP contribution in [0.1, 0.15) is 50.9 Å². The van der Waals surface area contributed by atoms with Crippen LogP contribution < -0.4 is 0 Å². The van der Waals surface area contributed by atoms with Crippen molar-refractivity contribution < 1.29 is 0 Å². The minimum Gasteiger partial charge on any atom is -0.250 e. The highest BCUT2D eigenvalue weighted by molar-refractivity contribution is 9.10. The first-order valence-electron chi connectivity index (χ1n) is 11.6. The second-order valence-corrected chi connectivity index (χ2v) is 11.2. The Kier molecular flexibility index (Phi) is 6.30. The van der Waals surface area contributed by atoms with Gasteiger partial charge in [-0.25, -0.2) is 0 Å². The van der Waals surface area contributed by atoms with Gasteiger partial charge in [0.25, 0.3) is 0 Å². The van der Waals surface area contributed by atoms with E-state index in [0.29, 0.717) is 11.8 Å². The molecule has 0 spiro atoms. The Morgan fingerprint density at radius 1 is 0.529 bits per heavy atom. The first-order chi connectivity index (χ1) is 16.3. The van der Waals surface area contributed by atoms with Gasteiger partial charge in [0.2, 0.25) is 0 Å². The molecule has 0 aliphatic carbocycles. The number of nitrogens with zero attached hydrogens (tertiary/aromatic N) is 2. The standard InChI is InChI=1S/C30H26Br2N2/c1-17(2)27-15-25(19-5-9-21(31)10-6-19)23-13-14-24-26(20-7-11-22(32)12-8-20)16-28(18(3)4)34-30(24)29(23)33-27/h5-18H,1-4H3. The summed E-state index contributed by atoms with van der Waals surface area (Å²) in [7, 11) is 0. The van der Waals surface area contributed by atoms with Crippen LogP contribution in [0.5, 0.6) is 0 Å². The summed E-state index contributed by atoms with van der Waals surface area (Å²) in [6.07, 6.45) is 0. The minimum absolute atomic E-state index is 0.313. The van der Waals surface area contributed by atoms with Crippen molar-refractivity contribution in [3.05, 3.63) is 93.1 Å². The van der Waals surface area contributed by atoms with Crippen molar-refractivity contribution in [1.82, 2.24) is 9.97 Å². The van der Waals surface area contributed by atoms with E-state index < -0.39 is 0 Å². The number of aromatic nitrogens is 2. The fourth-order valence-corrected chi connectivity index (χ4v) is 4.87. The van der Waals surface area contributed by atoms with Gasteiger partial charge in [-0.3, -0.25) is 9.97 Å². The molecule has 0 radical (unpaired) electrons. The highest BCUT2D eigenvalue weighted by atomic mass is 79.9. The van der Waals surface area contributed by atoms with Crippen LogP contribution in [0.4, 0.5) is 0 Å². The second-order valence-electron chi connectivity index (χ2n) is 9.37. The third-order valence-corrected chi connectivity index (χ3v) is 7.35. The van der Waals surface area contributed by atoms with E-state index in [0.717, 1.165) is 42.1 Å². The first-order valence-corrected chi connectivity index (χ1v) is 13.2. The van der Waals surface area contributed by atoms with Crippen molar-refractivity contribution in [2.24, 2.45) is 0 Å². The summed E-state index contributed by atoms with van der Waals surface area (Å²) in [6, 6.07) is 26.0. The molecule has 0 unspecified atom stereocenters. The lowest BCUT2D eigenvalue weighted by atomic mass is 9.93. The van der Waals surface area contributed by atoms with E-state index >= 15 is 0 Å². The molecule has 34 heavy (non-hydrogen) atoms. The number of fused-ring (bicyclic) bond motifs is 3. The lowest BCUT2D eigenvalue weighted by Gasteiger charge is -2.17. The molecule has 0 aliphatic heterocycles. The van der Waals surface area contributed by atoms with Gasteiger partial charge in [0, 0.05) is 31.1 Å². The molecule has 5 rings (SSSR count). The van der Waals surface area contributed by atoms with E-state index in [9.17, 15) is 0 Å². The largest absolute Gasteiger partial charge is 0.250 e. The van der Waals surface area contributed by atoms with Gasteiger partial charge in [-0.2, -0.15) is 0 Å². The van der Waals surface area contributed by atoms with E-state index in [-0.39, 0.29) is 0 Å². The van der Waals surface area contributed by atoms with Crippen LogP contribution in [0.25, 0.3) is 44.1 Å². The number of hydrogen-bond donors (Lipinski definition) is 0. The van der Waals surface area contributed by atoms with Crippen molar-refractivity contribution in [2.45, 2.75) is 39.5 Å². The molecule has 0 bridgehead atoms. The summed E-state index contributed by atoms with van der Waals surface area (Å²) in [5.74, 6) is 0.626. The molecule has 170 valence electrons. The van der Waals surface area contributed by atoms with Crippen molar-refractivity contribution in [3.8, 4) is 22.3 Å². The monoisotopic (exact) mass is 572 g/mol. The smallest absolute Gasteiger partial charge is 0.0974 e. The van der Waals surface area contributed by atoms with E-state index in [1.807, 2.05) is 0 Å². The molecular weight excluding hydrogens is 548 g/mol. The molecule has 2 nitrogen and oxygen atoms in total. The van der Waals surface area contributed by atoms with Crippen LogP contribution in [0, 0.1) is 0 Å². The topological polar surface area (TPSA) is 25.8 Å². The van der Waals surface area contributed by atoms with Crippen molar-refractivity contribution in [2.75, 3.05) is 0 Å².